The maximum Gasteiger partial charge on any atom is 0.133 e. The lowest BCUT2D eigenvalue weighted by molar-refractivity contribution is -0.0177. The van der Waals surface area contributed by atoms with Crippen LogP contribution in [0.3, 0.4) is 0 Å². The first-order valence-corrected chi connectivity index (χ1v) is 6.01. The van der Waals surface area contributed by atoms with Crippen LogP contribution in [0.4, 0.5) is 0 Å². The Labute approximate surface area is 107 Å². The number of ether oxygens (including phenoxy) is 1. The van der Waals surface area contributed by atoms with Gasteiger partial charge in [-0.1, -0.05) is 12.7 Å². The third-order valence-electron chi connectivity index (χ3n) is 2.66. The van der Waals surface area contributed by atoms with Gasteiger partial charge in [0.05, 0.1) is 22.8 Å². The minimum absolute atomic E-state index is 0.172. The van der Waals surface area contributed by atoms with E-state index in [1.54, 1.807) is 12.3 Å². The Hall–Kier alpha value is -1.68. The molecule has 2 heterocycles. The van der Waals surface area contributed by atoms with Gasteiger partial charge in [0.25, 0.3) is 0 Å². The molecular weight excluding hydrogens is 226 g/mol. The number of aryl methyl sites for hydroxylation is 1. The molecule has 2 aromatic rings. The van der Waals surface area contributed by atoms with E-state index in [1.807, 2.05) is 27.7 Å². The van der Waals surface area contributed by atoms with Gasteiger partial charge in [-0.3, -0.25) is 4.98 Å². The number of rotatable bonds is 3. The summed E-state index contributed by atoms with van der Waals surface area (Å²) in [5.74, 6) is 0.815. The van der Waals surface area contributed by atoms with Crippen LogP contribution in [0.15, 0.2) is 12.8 Å². The van der Waals surface area contributed by atoms with E-state index < -0.39 is 0 Å². The zero-order valence-corrected chi connectivity index (χ0v) is 11.4. The van der Waals surface area contributed by atoms with Crippen molar-refractivity contribution < 1.29 is 4.74 Å². The number of aromatic nitrogens is 3. The highest BCUT2D eigenvalue weighted by atomic mass is 16.5. The molecule has 0 aliphatic carbocycles. The second-order valence-electron chi connectivity index (χ2n) is 5.31. The Morgan fingerprint density at radius 1 is 1.44 bits per heavy atom. The Morgan fingerprint density at radius 3 is 2.78 bits per heavy atom. The van der Waals surface area contributed by atoms with E-state index in [0.717, 1.165) is 28.1 Å². The van der Waals surface area contributed by atoms with Gasteiger partial charge in [0, 0.05) is 11.3 Å². The Kier molecular flexibility index (Phi) is 3.22. The van der Waals surface area contributed by atoms with E-state index in [0.29, 0.717) is 6.61 Å². The van der Waals surface area contributed by atoms with Gasteiger partial charge in [0.15, 0.2) is 0 Å². The molecule has 0 aromatic carbocycles. The Bertz CT molecular complexity index is 578. The van der Waals surface area contributed by atoms with Crippen molar-refractivity contribution in [3.63, 3.8) is 0 Å². The summed E-state index contributed by atoms with van der Waals surface area (Å²) in [4.78, 5) is 12.1. The number of H-pyrrole nitrogens is 1. The lowest BCUT2D eigenvalue weighted by Gasteiger charge is -2.18. The Balaban J connectivity index is 2.36. The predicted octanol–water partition coefficient (Wildman–Crippen LogP) is 3.22. The van der Waals surface area contributed by atoms with Crippen LogP contribution in [0.5, 0.6) is 0 Å². The van der Waals surface area contributed by atoms with E-state index >= 15 is 0 Å². The maximum absolute atomic E-state index is 5.71. The summed E-state index contributed by atoms with van der Waals surface area (Å²) < 4.78 is 5.71. The van der Waals surface area contributed by atoms with Crippen LogP contribution in [-0.2, 0) is 11.3 Å². The first-order valence-electron chi connectivity index (χ1n) is 6.01. The van der Waals surface area contributed by atoms with Crippen LogP contribution in [-0.4, -0.2) is 20.6 Å². The van der Waals surface area contributed by atoms with Crippen molar-refractivity contribution in [1.29, 1.82) is 0 Å². The zero-order chi connectivity index (χ0) is 13.3. The van der Waals surface area contributed by atoms with Gasteiger partial charge >= 0.3 is 0 Å². The first-order chi connectivity index (χ1) is 8.40. The lowest BCUT2D eigenvalue weighted by atomic mass is 10.2. The van der Waals surface area contributed by atoms with E-state index in [9.17, 15) is 0 Å². The molecule has 0 bridgehead atoms. The monoisotopic (exact) mass is 245 g/mol. The molecule has 1 N–H and O–H groups in total. The summed E-state index contributed by atoms with van der Waals surface area (Å²) in [6.45, 7) is 12.3. The molecule has 2 aromatic heterocycles. The van der Waals surface area contributed by atoms with Gasteiger partial charge in [0.2, 0.25) is 0 Å². The van der Waals surface area contributed by atoms with Gasteiger partial charge in [-0.15, -0.1) is 0 Å². The van der Waals surface area contributed by atoms with Crippen LogP contribution in [0.1, 0.15) is 37.9 Å². The summed E-state index contributed by atoms with van der Waals surface area (Å²) in [7, 11) is 0. The number of nitrogens with one attached hydrogen (secondary N) is 1. The van der Waals surface area contributed by atoms with Crippen LogP contribution in [0.25, 0.3) is 17.1 Å². The van der Waals surface area contributed by atoms with Gasteiger partial charge in [-0.2, -0.15) is 0 Å². The number of pyridine rings is 1. The molecule has 0 unspecified atom stereocenters. The third-order valence-corrected chi connectivity index (χ3v) is 2.66. The molecule has 0 amide bonds. The number of imidazole rings is 1. The van der Waals surface area contributed by atoms with Crippen LogP contribution < -0.4 is 0 Å². The predicted molar refractivity (Wildman–Crippen MR) is 73.3 cm³/mol. The molecule has 0 aliphatic heterocycles. The highest BCUT2D eigenvalue weighted by molar-refractivity contribution is 5.84. The molecule has 0 atom stereocenters. The SMILES string of the molecule is C=Cc1c(C)ncc2[nH]c(COC(C)(C)C)nc12. The zero-order valence-electron chi connectivity index (χ0n) is 11.4. The quantitative estimate of drug-likeness (QED) is 0.903. The third kappa shape index (κ3) is 2.59. The first kappa shape index (κ1) is 12.8. The summed E-state index contributed by atoms with van der Waals surface area (Å²) in [5.41, 5.74) is 3.57. The van der Waals surface area contributed by atoms with Gasteiger partial charge < -0.3 is 9.72 Å². The number of fused-ring (bicyclic) bond motifs is 1. The molecule has 0 saturated heterocycles. The summed E-state index contributed by atoms with van der Waals surface area (Å²) in [6.07, 6.45) is 3.59. The topological polar surface area (TPSA) is 50.8 Å². The van der Waals surface area contributed by atoms with Crippen molar-refractivity contribution >= 4 is 17.1 Å². The van der Waals surface area contributed by atoms with E-state index in [2.05, 4.69) is 21.5 Å². The average molecular weight is 245 g/mol. The molecule has 2 rings (SSSR count). The smallest absolute Gasteiger partial charge is 0.133 e. The second kappa shape index (κ2) is 4.53. The molecule has 0 radical (unpaired) electrons. The normalized spacial score (nSPS) is 12.0. The molecule has 0 fully saturated rings. The fraction of sp³-hybridized carbons (Fsp3) is 0.429. The van der Waals surface area contributed by atoms with Crippen LogP contribution >= 0.6 is 0 Å². The van der Waals surface area contributed by atoms with Crippen molar-refractivity contribution in [1.82, 2.24) is 15.0 Å². The fourth-order valence-corrected chi connectivity index (χ4v) is 1.74. The molecule has 0 saturated carbocycles. The summed E-state index contributed by atoms with van der Waals surface area (Å²) >= 11 is 0. The van der Waals surface area contributed by atoms with Crippen molar-refractivity contribution in [3.05, 3.63) is 29.9 Å². The standard InChI is InChI=1S/C14H19N3O/c1-6-10-9(2)15-7-11-13(10)17-12(16-11)8-18-14(3,4)5/h6-7H,1,8H2,2-5H3,(H,16,17). The van der Waals surface area contributed by atoms with Gasteiger partial charge in [-0.25, -0.2) is 4.98 Å². The maximum atomic E-state index is 5.71. The van der Waals surface area contributed by atoms with Crippen molar-refractivity contribution in [2.45, 2.75) is 39.9 Å². The van der Waals surface area contributed by atoms with Gasteiger partial charge in [-0.05, 0) is 27.7 Å². The van der Waals surface area contributed by atoms with Crippen molar-refractivity contribution in [2.24, 2.45) is 0 Å². The number of hydrogen-bond acceptors (Lipinski definition) is 3. The van der Waals surface area contributed by atoms with E-state index in [4.69, 9.17) is 4.74 Å². The Morgan fingerprint density at radius 2 is 2.17 bits per heavy atom. The van der Waals surface area contributed by atoms with Crippen molar-refractivity contribution in [3.8, 4) is 0 Å². The molecule has 18 heavy (non-hydrogen) atoms. The van der Waals surface area contributed by atoms with Gasteiger partial charge in [0.1, 0.15) is 12.4 Å². The van der Waals surface area contributed by atoms with Crippen LogP contribution in [0, 0.1) is 6.92 Å². The molecule has 4 nitrogen and oxygen atoms in total. The molecule has 0 spiro atoms. The number of nitrogens with zero attached hydrogens (tertiary/aromatic N) is 2. The summed E-state index contributed by atoms with van der Waals surface area (Å²) in [5, 5.41) is 0. The minimum atomic E-state index is -0.172. The second-order valence-corrected chi connectivity index (χ2v) is 5.31. The van der Waals surface area contributed by atoms with E-state index in [1.165, 1.54) is 0 Å². The summed E-state index contributed by atoms with van der Waals surface area (Å²) in [6, 6.07) is 0. The van der Waals surface area contributed by atoms with E-state index in [-0.39, 0.29) is 5.60 Å². The molecular formula is C14H19N3O. The van der Waals surface area contributed by atoms with Crippen molar-refractivity contribution in [2.75, 3.05) is 0 Å². The highest BCUT2D eigenvalue weighted by Crippen LogP contribution is 2.20. The lowest BCUT2D eigenvalue weighted by Crippen LogP contribution is -2.19. The number of aromatic amines is 1. The number of hydrogen-bond donors (Lipinski definition) is 1. The highest BCUT2D eigenvalue weighted by Gasteiger charge is 2.13. The molecule has 96 valence electrons. The fourth-order valence-electron chi connectivity index (χ4n) is 1.74. The molecule has 0 aliphatic rings. The average Bonchev–Trinajstić information content (AvgIpc) is 2.68. The molecule has 4 heteroatoms. The minimum Gasteiger partial charge on any atom is -0.368 e. The van der Waals surface area contributed by atoms with Crippen LogP contribution in [0.2, 0.25) is 0 Å². The largest absolute Gasteiger partial charge is 0.368 e.